The van der Waals surface area contributed by atoms with E-state index in [-0.39, 0.29) is 19.1 Å². The first-order chi connectivity index (χ1) is 7.14. The van der Waals surface area contributed by atoms with Crippen LogP contribution in [-0.2, 0) is 28.6 Å². The highest BCUT2D eigenvalue weighted by atomic mass is 32.2. The quantitative estimate of drug-likeness (QED) is 0.594. The van der Waals surface area contributed by atoms with Gasteiger partial charge in [0.25, 0.3) is 20.2 Å². The van der Waals surface area contributed by atoms with E-state index >= 15 is 0 Å². The molecule has 6 nitrogen and oxygen atoms in total. The maximum absolute atomic E-state index is 10.8. The Bertz CT molecular complexity index is 347. The van der Waals surface area contributed by atoms with Gasteiger partial charge in [-0.25, -0.2) is 0 Å². The van der Waals surface area contributed by atoms with Gasteiger partial charge in [-0.15, -0.1) is 0 Å². The molecular formula is C8H18O6S2. The van der Waals surface area contributed by atoms with Crippen LogP contribution in [-0.4, -0.2) is 42.6 Å². The summed E-state index contributed by atoms with van der Waals surface area (Å²) in [6.45, 7) is 1.80. The van der Waals surface area contributed by atoms with Gasteiger partial charge in [0.1, 0.15) is 0 Å². The smallest absolute Gasteiger partial charge is 0.264 e. The minimum atomic E-state index is -3.50. The molecule has 0 unspecified atom stereocenters. The monoisotopic (exact) mass is 274 g/mol. The lowest BCUT2D eigenvalue weighted by Gasteiger charge is -2.14. The Labute approximate surface area is 97.2 Å². The van der Waals surface area contributed by atoms with Crippen molar-refractivity contribution in [2.24, 2.45) is 5.92 Å². The van der Waals surface area contributed by atoms with E-state index in [1.54, 1.807) is 0 Å². The molecule has 0 aliphatic rings. The molecule has 0 N–H and O–H groups in total. The van der Waals surface area contributed by atoms with Crippen molar-refractivity contribution in [2.75, 3.05) is 25.7 Å². The molecule has 0 saturated heterocycles. The van der Waals surface area contributed by atoms with E-state index in [4.69, 9.17) is 0 Å². The van der Waals surface area contributed by atoms with Crippen LogP contribution in [0.5, 0.6) is 0 Å². The summed E-state index contributed by atoms with van der Waals surface area (Å²) in [4.78, 5) is 0. The maximum Gasteiger partial charge on any atom is 0.264 e. The molecule has 0 aromatic carbocycles. The summed E-state index contributed by atoms with van der Waals surface area (Å²) >= 11 is 0. The molecule has 98 valence electrons. The molecule has 0 bridgehead atoms. The average Bonchev–Trinajstić information content (AvgIpc) is 2.07. The Kier molecular flexibility index (Phi) is 6.46. The third-order valence-electron chi connectivity index (χ3n) is 1.73. The molecule has 0 saturated carbocycles. The first-order valence-corrected chi connectivity index (χ1v) is 8.46. The summed E-state index contributed by atoms with van der Waals surface area (Å²) in [5.41, 5.74) is 0. The molecule has 0 aliphatic carbocycles. The van der Waals surface area contributed by atoms with Crippen molar-refractivity contribution in [3.63, 3.8) is 0 Å². The van der Waals surface area contributed by atoms with Crippen LogP contribution in [0.15, 0.2) is 0 Å². The third-order valence-corrected chi connectivity index (χ3v) is 2.86. The maximum atomic E-state index is 10.8. The molecule has 0 aromatic heterocycles. The SMILES string of the molecule is CCCC(COS(C)(=O)=O)COS(C)(=O)=O. The van der Waals surface area contributed by atoms with E-state index in [9.17, 15) is 16.8 Å². The van der Waals surface area contributed by atoms with E-state index < -0.39 is 20.2 Å². The van der Waals surface area contributed by atoms with Crippen molar-refractivity contribution >= 4 is 20.2 Å². The van der Waals surface area contributed by atoms with Crippen molar-refractivity contribution in [2.45, 2.75) is 19.8 Å². The van der Waals surface area contributed by atoms with E-state index in [0.29, 0.717) is 6.42 Å². The van der Waals surface area contributed by atoms with E-state index in [1.807, 2.05) is 6.92 Å². The van der Waals surface area contributed by atoms with Crippen LogP contribution < -0.4 is 0 Å². The van der Waals surface area contributed by atoms with Gasteiger partial charge in [-0.05, 0) is 6.42 Å². The zero-order chi connectivity index (χ0) is 12.8. The van der Waals surface area contributed by atoms with Crippen molar-refractivity contribution in [1.29, 1.82) is 0 Å². The highest BCUT2D eigenvalue weighted by Crippen LogP contribution is 2.10. The normalized spacial score (nSPS) is 13.2. The molecule has 0 aliphatic heterocycles. The first kappa shape index (κ1) is 15.8. The molecule has 16 heavy (non-hydrogen) atoms. The van der Waals surface area contributed by atoms with Gasteiger partial charge in [-0.2, -0.15) is 16.8 Å². The van der Waals surface area contributed by atoms with Crippen LogP contribution >= 0.6 is 0 Å². The molecule has 0 spiro atoms. The van der Waals surface area contributed by atoms with Gasteiger partial charge in [0.05, 0.1) is 25.7 Å². The van der Waals surface area contributed by atoms with Crippen LogP contribution in [0.3, 0.4) is 0 Å². The molecule has 0 fully saturated rings. The summed E-state index contributed by atoms with van der Waals surface area (Å²) in [6, 6.07) is 0. The lowest BCUT2D eigenvalue weighted by molar-refractivity contribution is 0.178. The van der Waals surface area contributed by atoms with Gasteiger partial charge in [-0.3, -0.25) is 8.37 Å². The predicted molar refractivity (Wildman–Crippen MR) is 60.0 cm³/mol. The topological polar surface area (TPSA) is 86.7 Å². The highest BCUT2D eigenvalue weighted by Gasteiger charge is 2.14. The fourth-order valence-electron chi connectivity index (χ4n) is 1.06. The summed E-state index contributed by atoms with van der Waals surface area (Å²) in [6.07, 6.45) is 3.34. The van der Waals surface area contributed by atoms with Crippen molar-refractivity contribution in [3.8, 4) is 0 Å². The Morgan fingerprint density at radius 1 is 0.938 bits per heavy atom. The van der Waals surface area contributed by atoms with Gasteiger partial charge in [0.15, 0.2) is 0 Å². The van der Waals surface area contributed by atoms with Gasteiger partial charge >= 0.3 is 0 Å². The molecule has 0 amide bonds. The minimum absolute atomic E-state index is 0.0534. The fraction of sp³-hybridized carbons (Fsp3) is 1.00. The summed E-state index contributed by atoms with van der Waals surface area (Å²) in [5, 5.41) is 0. The molecular weight excluding hydrogens is 256 g/mol. The molecule has 0 atom stereocenters. The Morgan fingerprint density at radius 2 is 1.31 bits per heavy atom. The first-order valence-electron chi connectivity index (χ1n) is 4.83. The molecule has 0 rings (SSSR count). The second-order valence-corrected chi connectivity index (χ2v) is 6.92. The molecule has 8 heteroatoms. The van der Waals surface area contributed by atoms with Gasteiger partial charge in [0, 0.05) is 5.92 Å². The van der Waals surface area contributed by atoms with E-state index in [1.165, 1.54) is 0 Å². The largest absolute Gasteiger partial charge is 0.270 e. The van der Waals surface area contributed by atoms with Gasteiger partial charge in [-0.1, -0.05) is 13.3 Å². The van der Waals surface area contributed by atoms with Crippen molar-refractivity contribution < 1.29 is 25.2 Å². The van der Waals surface area contributed by atoms with Crippen LogP contribution in [0.4, 0.5) is 0 Å². The second-order valence-electron chi connectivity index (χ2n) is 3.63. The number of hydrogen-bond donors (Lipinski definition) is 0. The summed E-state index contributed by atoms with van der Waals surface area (Å²) in [5.74, 6) is -0.241. The Morgan fingerprint density at radius 3 is 1.56 bits per heavy atom. The van der Waals surface area contributed by atoms with Crippen LogP contribution in [0.2, 0.25) is 0 Å². The number of rotatable bonds is 8. The van der Waals surface area contributed by atoms with Crippen LogP contribution in [0.1, 0.15) is 19.8 Å². The second kappa shape index (κ2) is 6.53. The van der Waals surface area contributed by atoms with Crippen LogP contribution in [0, 0.1) is 5.92 Å². The summed E-state index contributed by atoms with van der Waals surface area (Å²) < 4.78 is 52.3. The van der Waals surface area contributed by atoms with Gasteiger partial charge in [0.2, 0.25) is 0 Å². The predicted octanol–water partition coefficient (Wildman–Crippen LogP) is 0.355. The third kappa shape index (κ3) is 10.3. The fourth-order valence-corrected chi connectivity index (χ4v) is 1.94. The van der Waals surface area contributed by atoms with Gasteiger partial charge < -0.3 is 0 Å². The molecule has 0 heterocycles. The Balaban J connectivity index is 4.18. The average molecular weight is 274 g/mol. The minimum Gasteiger partial charge on any atom is -0.270 e. The molecule has 0 radical (unpaired) electrons. The van der Waals surface area contributed by atoms with E-state index in [2.05, 4.69) is 8.37 Å². The van der Waals surface area contributed by atoms with Crippen molar-refractivity contribution in [1.82, 2.24) is 0 Å². The lowest BCUT2D eigenvalue weighted by atomic mass is 10.1. The van der Waals surface area contributed by atoms with E-state index in [0.717, 1.165) is 18.9 Å². The lowest BCUT2D eigenvalue weighted by Crippen LogP contribution is -2.20. The number of hydrogen-bond acceptors (Lipinski definition) is 6. The zero-order valence-corrected chi connectivity index (χ0v) is 11.3. The Hall–Kier alpha value is -0.180. The zero-order valence-electron chi connectivity index (χ0n) is 9.67. The molecule has 0 aromatic rings. The van der Waals surface area contributed by atoms with Crippen molar-refractivity contribution in [3.05, 3.63) is 0 Å². The highest BCUT2D eigenvalue weighted by molar-refractivity contribution is 7.86. The summed E-state index contributed by atoms with van der Waals surface area (Å²) in [7, 11) is -6.99. The van der Waals surface area contributed by atoms with Crippen LogP contribution in [0.25, 0.3) is 0 Å². The standard InChI is InChI=1S/C8H18O6S2/c1-4-5-8(6-13-15(2,9)10)7-14-16(3,11)12/h8H,4-7H2,1-3H3.